The number of hydrogen-bond donors (Lipinski definition) is 1. The first-order valence-electron chi connectivity index (χ1n) is 9.01. The third-order valence-electron chi connectivity index (χ3n) is 4.15. The second kappa shape index (κ2) is 7.91. The zero-order valence-corrected chi connectivity index (χ0v) is 19.0. The lowest BCUT2D eigenvalue weighted by Gasteiger charge is -2.15. The molecule has 0 spiro atoms. The lowest BCUT2D eigenvalue weighted by Crippen LogP contribution is -2.30. The van der Waals surface area contributed by atoms with Crippen LogP contribution in [0, 0.1) is 12.3 Å². The molecule has 0 aliphatic carbocycles. The lowest BCUT2D eigenvalue weighted by molar-refractivity contribution is -0.119. The average Bonchev–Trinajstić information content (AvgIpc) is 2.98. The van der Waals surface area contributed by atoms with Crippen molar-refractivity contribution in [1.29, 1.82) is 0 Å². The van der Waals surface area contributed by atoms with Crippen LogP contribution >= 0.6 is 0 Å². The molecule has 0 unspecified atom stereocenters. The molecule has 10 heteroatoms. The van der Waals surface area contributed by atoms with Gasteiger partial charge in [0.1, 0.15) is 0 Å². The van der Waals surface area contributed by atoms with Gasteiger partial charge in [0, 0.05) is 24.3 Å². The highest BCUT2D eigenvalue weighted by Gasteiger charge is 2.28. The summed E-state index contributed by atoms with van der Waals surface area (Å²) < 4.78 is 57.3. The van der Waals surface area contributed by atoms with Crippen molar-refractivity contribution in [2.75, 3.05) is 6.26 Å². The van der Waals surface area contributed by atoms with Gasteiger partial charge in [0.05, 0.1) is 15.5 Å². The zero-order valence-electron chi connectivity index (χ0n) is 17.4. The second-order valence-electron chi connectivity index (χ2n) is 8.14. The lowest BCUT2D eigenvalue weighted by atomic mass is 9.90. The van der Waals surface area contributed by atoms with Crippen molar-refractivity contribution in [3.63, 3.8) is 0 Å². The number of carbonyl (C=O) groups excluding carboxylic acids is 1. The Bertz CT molecular complexity index is 1140. The Morgan fingerprint density at radius 3 is 2.24 bits per heavy atom. The molecular weight excluding hydrogens is 416 g/mol. The molecule has 0 radical (unpaired) electrons. The molecule has 1 aromatic carbocycles. The number of nitrogens with one attached hydrogen (secondary N) is 1. The van der Waals surface area contributed by atoms with Gasteiger partial charge in [-0.1, -0.05) is 32.9 Å². The van der Waals surface area contributed by atoms with Gasteiger partial charge in [-0.3, -0.25) is 4.79 Å². The van der Waals surface area contributed by atoms with E-state index < -0.39 is 25.8 Å². The smallest absolute Gasteiger partial charge is 0.264 e. The molecule has 0 bridgehead atoms. The normalized spacial score (nSPS) is 12.8. The highest BCUT2D eigenvalue weighted by molar-refractivity contribution is 7.91. The number of rotatable bonds is 6. The van der Waals surface area contributed by atoms with Crippen molar-refractivity contribution in [3.8, 4) is 11.3 Å². The van der Waals surface area contributed by atoms with E-state index in [1.54, 1.807) is 6.07 Å². The highest BCUT2D eigenvalue weighted by Crippen LogP contribution is 2.35. The van der Waals surface area contributed by atoms with Gasteiger partial charge in [0.25, 0.3) is 10.0 Å². The van der Waals surface area contributed by atoms with Crippen molar-refractivity contribution in [2.45, 2.75) is 57.3 Å². The number of hydrogen-bond acceptors (Lipinski definition) is 7. The van der Waals surface area contributed by atoms with E-state index in [4.69, 9.17) is 4.52 Å². The fraction of sp³-hybridized carbons (Fsp3) is 0.474. The summed E-state index contributed by atoms with van der Waals surface area (Å²) in [7, 11) is -7.86. The molecule has 1 N–H and O–H groups in total. The van der Waals surface area contributed by atoms with Crippen LogP contribution in [0.3, 0.4) is 0 Å². The predicted octanol–water partition coefficient (Wildman–Crippen LogP) is 2.86. The van der Waals surface area contributed by atoms with Gasteiger partial charge >= 0.3 is 0 Å². The summed E-state index contributed by atoms with van der Waals surface area (Å²) >= 11 is 0. The van der Waals surface area contributed by atoms with Gasteiger partial charge in [0.2, 0.25) is 5.91 Å². The van der Waals surface area contributed by atoms with Crippen molar-refractivity contribution < 1.29 is 26.2 Å². The number of nitrogens with zero attached hydrogens (tertiary/aromatic N) is 1. The van der Waals surface area contributed by atoms with Crippen molar-refractivity contribution in [1.82, 2.24) is 9.88 Å². The van der Waals surface area contributed by atoms with Gasteiger partial charge < -0.3 is 4.52 Å². The maximum atomic E-state index is 12.6. The van der Waals surface area contributed by atoms with E-state index in [1.807, 2.05) is 25.5 Å². The van der Waals surface area contributed by atoms with E-state index in [1.165, 1.54) is 26.0 Å². The molecule has 0 fully saturated rings. The number of carbonyl (C=O) groups is 1. The number of aromatic nitrogens is 1. The maximum absolute atomic E-state index is 12.6. The quantitative estimate of drug-likeness (QED) is 0.729. The fourth-order valence-corrected chi connectivity index (χ4v) is 5.15. The Hall–Kier alpha value is -2.20. The largest absolute Gasteiger partial charge is 0.356 e. The van der Waals surface area contributed by atoms with Gasteiger partial charge in [-0.05, 0) is 36.5 Å². The number of benzene rings is 1. The number of sulfonamides is 1. The number of amides is 1. The van der Waals surface area contributed by atoms with E-state index in [2.05, 4.69) is 5.16 Å². The van der Waals surface area contributed by atoms with Gasteiger partial charge in [-0.2, -0.15) is 0 Å². The van der Waals surface area contributed by atoms with Crippen LogP contribution in [-0.4, -0.2) is 34.2 Å². The summed E-state index contributed by atoms with van der Waals surface area (Å²) in [6, 6.07) is 3.99. The van der Waals surface area contributed by atoms with Crippen LogP contribution in [0.1, 0.15) is 45.4 Å². The van der Waals surface area contributed by atoms with Crippen LogP contribution in [0.25, 0.3) is 11.3 Å². The monoisotopic (exact) mass is 442 g/mol. The van der Waals surface area contributed by atoms with Crippen LogP contribution < -0.4 is 4.72 Å². The fourth-order valence-electron chi connectivity index (χ4n) is 2.91. The first-order valence-corrected chi connectivity index (χ1v) is 12.4. The summed E-state index contributed by atoms with van der Waals surface area (Å²) in [5, 5.41) is 4.01. The summed E-state index contributed by atoms with van der Waals surface area (Å²) in [6.45, 7) is 9.08. The van der Waals surface area contributed by atoms with E-state index >= 15 is 0 Å². The van der Waals surface area contributed by atoms with Crippen molar-refractivity contribution >= 4 is 25.8 Å². The molecule has 0 atom stereocenters. The molecule has 8 nitrogen and oxygen atoms in total. The molecule has 160 valence electrons. The van der Waals surface area contributed by atoms with E-state index in [-0.39, 0.29) is 38.5 Å². The van der Waals surface area contributed by atoms with E-state index in [0.717, 1.165) is 6.26 Å². The molecule has 0 aliphatic rings. The predicted molar refractivity (Wildman–Crippen MR) is 109 cm³/mol. The van der Waals surface area contributed by atoms with Crippen LogP contribution in [0.15, 0.2) is 32.5 Å². The summed E-state index contributed by atoms with van der Waals surface area (Å²) in [5.41, 5.74) is 0.826. The third-order valence-corrected chi connectivity index (χ3v) is 6.81. The summed E-state index contributed by atoms with van der Waals surface area (Å²) in [5.74, 6) is -0.508. The standard InChI is InChI=1S/C19H26N2O6S2/c1-7-17(22)21-29(25,26)15-8-9-16(28(6,23)24)18(12(15)2)14-10-13(20-27-14)11-19(3,4)5/h8-10H,7,11H2,1-6H3,(H,21,22). The molecule has 0 saturated heterocycles. The van der Waals surface area contributed by atoms with Gasteiger partial charge in [-0.15, -0.1) is 0 Å². The molecule has 1 aromatic heterocycles. The Balaban J connectivity index is 2.71. The van der Waals surface area contributed by atoms with Gasteiger partial charge in [-0.25, -0.2) is 21.6 Å². The Labute approximate surface area is 171 Å². The Morgan fingerprint density at radius 1 is 1.14 bits per heavy atom. The topological polar surface area (TPSA) is 123 Å². The molecule has 2 rings (SSSR count). The Kier molecular flexibility index (Phi) is 6.29. The molecular formula is C19H26N2O6S2. The third kappa shape index (κ3) is 5.45. The van der Waals surface area contributed by atoms with Crippen molar-refractivity contribution in [2.24, 2.45) is 5.41 Å². The maximum Gasteiger partial charge on any atom is 0.264 e. The van der Waals surface area contributed by atoms with Gasteiger partial charge in [0.15, 0.2) is 15.6 Å². The average molecular weight is 443 g/mol. The highest BCUT2D eigenvalue weighted by atomic mass is 32.2. The van der Waals surface area contributed by atoms with E-state index in [0.29, 0.717) is 12.1 Å². The summed E-state index contributed by atoms with van der Waals surface area (Å²) in [6.07, 6.45) is 1.61. The number of sulfone groups is 1. The summed E-state index contributed by atoms with van der Waals surface area (Å²) in [4.78, 5) is 11.3. The molecule has 2 aromatic rings. The minimum absolute atomic E-state index is 0.00910. The van der Waals surface area contributed by atoms with Crippen LogP contribution in [0.4, 0.5) is 0 Å². The first kappa shape index (κ1) is 23.1. The van der Waals surface area contributed by atoms with Crippen molar-refractivity contribution in [3.05, 3.63) is 29.5 Å². The molecule has 1 heterocycles. The molecule has 0 saturated carbocycles. The minimum atomic E-state index is -4.17. The van der Waals surface area contributed by atoms with Crippen LogP contribution in [-0.2, 0) is 31.1 Å². The SMILES string of the molecule is CCC(=O)NS(=O)(=O)c1ccc(S(C)(=O)=O)c(-c2cc(CC(C)(C)C)no2)c1C. The van der Waals surface area contributed by atoms with E-state index in [9.17, 15) is 21.6 Å². The zero-order chi connectivity index (χ0) is 22.2. The Morgan fingerprint density at radius 2 is 1.72 bits per heavy atom. The first-order chi connectivity index (χ1) is 13.2. The second-order valence-corrected chi connectivity index (χ2v) is 11.8. The molecule has 1 amide bonds. The molecule has 29 heavy (non-hydrogen) atoms. The minimum Gasteiger partial charge on any atom is -0.356 e. The van der Waals surface area contributed by atoms with Crippen LogP contribution in [0.5, 0.6) is 0 Å². The molecule has 0 aliphatic heterocycles. The van der Waals surface area contributed by atoms with Crippen LogP contribution in [0.2, 0.25) is 0 Å².